The molecule has 3 aromatic rings. The van der Waals surface area contributed by atoms with Crippen LogP contribution in [0.2, 0.25) is 0 Å². The normalized spacial score (nSPS) is 10.6. The third-order valence-corrected chi connectivity index (χ3v) is 3.66. The molecule has 0 saturated heterocycles. The van der Waals surface area contributed by atoms with Gasteiger partial charge in [-0.2, -0.15) is 0 Å². The topological polar surface area (TPSA) is 103 Å². The minimum Gasteiger partial charge on any atom is -0.457 e. The van der Waals surface area contributed by atoms with Gasteiger partial charge in [-0.15, -0.1) is 24.0 Å². The highest BCUT2D eigenvalue weighted by atomic mass is 127. The molecule has 0 saturated carbocycles. The molecule has 3 N–H and O–H groups in total. The molecule has 0 aromatic heterocycles. The third-order valence-electron chi connectivity index (χ3n) is 3.66. The number of para-hydroxylation sites is 1. The Kier molecular flexibility index (Phi) is 7.76. The van der Waals surface area contributed by atoms with E-state index in [4.69, 9.17) is 10.5 Å². The van der Waals surface area contributed by atoms with Crippen LogP contribution in [0.4, 0.5) is 11.4 Å². The SMILES string of the molecule is I.NC(=NCc1ccc([N+](=O)[O-])cc1)Nc1cccc(Oc2ccccc2)c1. The van der Waals surface area contributed by atoms with Crippen molar-refractivity contribution >= 4 is 41.3 Å². The van der Waals surface area contributed by atoms with Crippen LogP contribution < -0.4 is 15.8 Å². The van der Waals surface area contributed by atoms with E-state index in [-0.39, 0.29) is 35.6 Å². The Morgan fingerprint density at radius 3 is 2.36 bits per heavy atom. The number of ether oxygens (including phenoxy) is 1. The van der Waals surface area contributed by atoms with Crippen LogP contribution in [-0.4, -0.2) is 10.9 Å². The van der Waals surface area contributed by atoms with Crippen molar-refractivity contribution in [3.8, 4) is 11.5 Å². The Morgan fingerprint density at radius 1 is 1.00 bits per heavy atom. The summed E-state index contributed by atoms with van der Waals surface area (Å²) >= 11 is 0. The first kappa shape index (κ1) is 21.2. The van der Waals surface area contributed by atoms with E-state index < -0.39 is 4.92 Å². The fourth-order valence-electron chi connectivity index (χ4n) is 2.35. The van der Waals surface area contributed by atoms with Crippen LogP contribution in [0.3, 0.4) is 0 Å². The Bertz CT molecular complexity index is 947. The minimum atomic E-state index is -0.437. The van der Waals surface area contributed by atoms with Crippen LogP contribution in [0.15, 0.2) is 83.9 Å². The molecule has 144 valence electrons. The smallest absolute Gasteiger partial charge is 0.269 e. The van der Waals surface area contributed by atoms with Crippen molar-refractivity contribution in [3.05, 3.63) is 94.5 Å². The Hall–Kier alpha value is -3.14. The Labute approximate surface area is 179 Å². The van der Waals surface area contributed by atoms with Crippen molar-refractivity contribution in [3.63, 3.8) is 0 Å². The van der Waals surface area contributed by atoms with Crippen LogP contribution in [0, 0.1) is 10.1 Å². The molecule has 0 heterocycles. The van der Waals surface area contributed by atoms with Crippen LogP contribution in [0.1, 0.15) is 5.56 Å². The molecule has 0 fully saturated rings. The van der Waals surface area contributed by atoms with E-state index in [0.29, 0.717) is 12.3 Å². The number of non-ortho nitro benzene ring substituents is 1. The number of guanidine groups is 1. The average Bonchev–Trinajstić information content (AvgIpc) is 2.68. The maximum Gasteiger partial charge on any atom is 0.269 e. The highest BCUT2D eigenvalue weighted by Gasteiger charge is 2.04. The maximum absolute atomic E-state index is 10.7. The molecule has 0 spiro atoms. The number of hydrogen-bond acceptors (Lipinski definition) is 4. The number of nitrogens with two attached hydrogens (primary N) is 1. The number of hydrogen-bond donors (Lipinski definition) is 2. The van der Waals surface area contributed by atoms with Gasteiger partial charge in [0, 0.05) is 23.9 Å². The second-order valence-corrected chi connectivity index (χ2v) is 5.69. The van der Waals surface area contributed by atoms with Gasteiger partial charge in [-0.05, 0) is 29.8 Å². The number of anilines is 1. The lowest BCUT2D eigenvalue weighted by atomic mass is 10.2. The lowest BCUT2D eigenvalue weighted by Crippen LogP contribution is -2.22. The second-order valence-electron chi connectivity index (χ2n) is 5.69. The number of halogens is 1. The number of nitrogens with one attached hydrogen (secondary N) is 1. The molecule has 3 aromatic carbocycles. The zero-order valence-corrected chi connectivity index (χ0v) is 17.1. The van der Waals surface area contributed by atoms with E-state index in [1.165, 1.54) is 12.1 Å². The van der Waals surface area contributed by atoms with Crippen molar-refractivity contribution in [2.75, 3.05) is 5.32 Å². The van der Waals surface area contributed by atoms with Gasteiger partial charge in [-0.1, -0.05) is 36.4 Å². The summed E-state index contributed by atoms with van der Waals surface area (Å²) in [6.07, 6.45) is 0. The fraction of sp³-hybridized carbons (Fsp3) is 0.0500. The summed E-state index contributed by atoms with van der Waals surface area (Å²) in [7, 11) is 0. The summed E-state index contributed by atoms with van der Waals surface area (Å²) < 4.78 is 5.78. The molecule has 0 aliphatic heterocycles. The summed E-state index contributed by atoms with van der Waals surface area (Å²) in [6, 6.07) is 23.1. The van der Waals surface area contributed by atoms with Gasteiger partial charge in [-0.25, -0.2) is 4.99 Å². The molecule has 0 bridgehead atoms. The van der Waals surface area contributed by atoms with Crippen molar-refractivity contribution in [1.82, 2.24) is 0 Å². The molecule has 7 nitrogen and oxygen atoms in total. The number of nitrogens with zero attached hydrogens (tertiary/aromatic N) is 2. The molecule has 3 rings (SSSR count). The summed E-state index contributed by atoms with van der Waals surface area (Å²) in [6.45, 7) is 0.317. The van der Waals surface area contributed by atoms with Gasteiger partial charge in [0.2, 0.25) is 0 Å². The van der Waals surface area contributed by atoms with E-state index in [1.54, 1.807) is 12.1 Å². The van der Waals surface area contributed by atoms with Gasteiger partial charge in [0.25, 0.3) is 5.69 Å². The monoisotopic (exact) mass is 490 g/mol. The zero-order valence-electron chi connectivity index (χ0n) is 14.8. The first-order valence-electron chi connectivity index (χ1n) is 8.23. The molecule has 0 unspecified atom stereocenters. The Morgan fingerprint density at radius 2 is 1.68 bits per heavy atom. The summed E-state index contributed by atoms with van der Waals surface area (Å²) in [4.78, 5) is 14.5. The minimum absolute atomic E-state index is 0. The Balaban J connectivity index is 0.00000280. The molecular formula is C20H19IN4O3. The van der Waals surface area contributed by atoms with Crippen molar-refractivity contribution in [2.45, 2.75) is 6.54 Å². The first-order valence-corrected chi connectivity index (χ1v) is 8.23. The molecule has 0 aliphatic rings. The van der Waals surface area contributed by atoms with Crippen molar-refractivity contribution in [1.29, 1.82) is 0 Å². The largest absolute Gasteiger partial charge is 0.457 e. The fourth-order valence-corrected chi connectivity index (χ4v) is 2.35. The molecule has 8 heteroatoms. The zero-order chi connectivity index (χ0) is 19.1. The number of rotatable bonds is 6. The van der Waals surface area contributed by atoms with E-state index >= 15 is 0 Å². The number of aliphatic imine (C=N–C) groups is 1. The van der Waals surface area contributed by atoms with Gasteiger partial charge in [0.05, 0.1) is 11.5 Å². The summed E-state index contributed by atoms with van der Waals surface area (Å²) in [5.74, 6) is 1.66. The molecule has 0 aliphatic carbocycles. The van der Waals surface area contributed by atoms with Crippen LogP contribution in [-0.2, 0) is 6.54 Å². The van der Waals surface area contributed by atoms with E-state index in [2.05, 4.69) is 10.3 Å². The summed E-state index contributed by atoms with van der Waals surface area (Å²) in [5, 5.41) is 13.7. The van der Waals surface area contributed by atoms with Crippen molar-refractivity contribution < 1.29 is 9.66 Å². The number of benzene rings is 3. The lowest BCUT2D eigenvalue weighted by molar-refractivity contribution is -0.384. The van der Waals surface area contributed by atoms with Gasteiger partial charge >= 0.3 is 0 Å². The number of nitro groups is 1. The highest BCUT2D eigenvalue weighted by Crippen LogP contribution is 2.23. The van der Waals surface area contributed by atoms with Gasteiger partial charge in [-0.3, -0.25) is 10.1 Å². The van der Waals surface area contributed by atoms with E-state index in [9.17, 15) is 10.1 Å². The second kappa shape index (κ2) is 10.3. The quantitative estimate of drug-likeness (QED) is 0.168. The molecule has 0 amide bonds. The predicted octanol–water partition coefficient (Wildman–Crippen LogP) is 4.93. The third kappa shape index (κ3) is 6.23. The number of nitro benzene ring substituents is 1. The standard InChI is InChI=1S/C20H18N4O3.HI/c21-20(22-14-15-9-11-17(12-10-15)24(25)26)23-16-5-4-8-19(13-16)27-18-6-2-1-3-7-18;/h1-13H,14H2,(H3,21,22,23);1H. The van der Waals surface area contributed by atoms with E-state index in [0.717, 1.165) is 17.0 Å². The van der Waals surface area contributed by atoms with Crippen molar-refractivity contribution in [2.24, 2.45) is 10.7 Å². The van der Waals surface area contributed by atoms with Gasteiger partial charge < -0.3 is 15.8 Å². The van der Waals surface area contributed by atoms with Crippen LogP contribution in [0.25, 0.3) is 0 Å². The highest BCUT2D eigenvalue weighted by molar-refractivity contribution is 14.0. The molecule has 28 heavy (non-hydrogen) atoms. The van der Waals surface area contributed by atoms with Gasteiger partial charge in [0.15, 0.2) is 5.96 Å². The maximum atomic E-state index is 10.7. The van der Waals surface area contributed by atoms with Gasteiger partial charge in [0.1, 0.15) is 11.5 Å². The van der Waals surface area contributed by atoms with Crippen LogP contribution in [0.5, 0.6) is 11.5 Å². The average molecular weight is 490 g/mol. The van der Waals surface area contributed by atoms with Crippen LogP contribution >= 0.6 is 24.0 Å². The predicted molar refractivity (Wildman–Crippen MR) is 120 cm³/mol. The molecular weight excluding hydrogens is 471 g/mol. The summed E-state index contributed by atoms with van der Waals surface area (Å²) in [5.41, 5.74) is 7.54. The van der Waals surface area contributed by atoms with E-state index in [1.807, 2.05) is 54.6 Å². The first-order chi connectivity index (χ1) is 13.1. The lowest BCUT2D eigenvalue weighted by Gasteiger charge is -2.09. The molecule has 0 atom stereocenters. The molecule has 0 radical (unpaired) electrons.